The third-order valence-electron chi connectivity index (χ3n) is 11.5. The highest BCUT2D eigenvalue weighted by Gasteiger charge is 2.28. The van der Waals surface area contributed by atoms with Crippen LogP contribution in [-0.4, -0.2) is 82.6 Å². The van der Waals surface area contributed by atoms with Crippen LogP contribution in [0.3, 0.4) is 0 Å². The van der Waals surface area contributed by atoms with Crippen molar-refractivity contribution >= 4 is 35.8 Å². The molecule has 2 aromatic heterocycles. The van der Waals surface area contributed by atoms with E-state index in [0.717, 1.165) is 56.2 Å². The Morgan fingerprint density at radius 3 is 1.44 bits per heavy atom. The second-order valence-corrected chi connectivity index (χ2v) is 18.9. The van der Waals surface area contributed by atoms with Gasteiger partial charge in [-0.3, -0.25) is 24.0 Å². The molecule has 6 N–H and O–H groups in total. The van der Waals surface area contributed by atoms with Crippen LogP contribution in [-0.2, 0) is 48.0 Å². The van der Waals surface area contributed by atoms with Crippen LogP contribution in [0.4, 0.5) is 0 Å². The number of carbonyl (C=O) groups excluding carboxylic acids is 4. The molecule has 2 aliphatic heterocycles. The standard InChI is InChI=1S/C49H71N7O6/c1-16-33-29(3)39(52-45(33)59)26-37-31(5)35(18-20-43(57)54-48(10,11)22-24-61-47(7,8)9)41(50-37)28-42-36(19-21-44(58)55-49(12,13)23-25-62-56(14)15)32(6)38(51-42)27-40-30(4)34(17-2)46(60)53-40/h16-17,26-27,50-51H,1-2,18-25,28H2,3-15H3,(H,52,59)(H,53,60)(H,54,57)(H,55,58)/b39-26-,40-27-. The molecule has 0 atom stereocenters. The van der Waals surface area contributed by atoms with Crippen LogP contribution in [0.2, 0.25) is 0 Å². The molecule has 4 heterocycles. The monoisotopic (exact) mass is 854 g/mol. The van der Waals surface area contributed by atoms with E-state index < -0.39 is 11.1 Å². The van der Waals surface area contributed by atoms with E-state index in [1.807, 2.05) is 102 Å². The lowest BCUT2D eigenvalue weighted by Gasteiger charge is -2.28. The molecular formula is C49H71N7O6. The first-order valence-electron chi connectivity index (χ1n) is 21.6. The molecule has 0 radical (unpaired) electrons. The number of amides is 4. The Labute approximate surface area is 369 Å². The van der Waals surface area contributed by atoms with Gasteiger partial charge in [0.25, 0.3) is 11.8 Å². The molecule has 4 rings (SSSR count). The molecule has 13 nitrogen and oxygen atoms in total. The van der Waals surface area contributed by atoms with E-state index in [1.54, 1.807) is 17.2 Å². The predicted octanol–water partition coefficient (Wildman–Crippen LogP) is 7.24. The Kier molecular flexibility index (Phi) is 16.2. The van der Waals surface area contributed by atoms with E-state index in [-0.39, 0.29) is 42.1 Å². The van der Waals surface area contributed by atoms with Crippen molar-refractivity contribution in [3.63, 3.8) is 0 Å². The minimum atomic E-state index is -0.478. The minimum absolute atomic E-state index is 0.0665. The summed E-state index contributed by atoms with van der Waals surface area (Å²) in [5.41, 5.74) is 10.1. The zero-order chi connectivity index (χ0) is 46.3. The molecule has 2 aromatic rings. The van der Waals surface area contributed by atoms with Crippen molar-refractivity contribution in [2.45, 2.75) is 138 Å². The largest absolute Gasteiger partial charge is 0.376 e. The summed E-state index contributed by atoms with van der Waals surface area (Å²) < 4.78 is 5.94. The number of hydrogen-bond acceptors (Lipinski definition) is 7. The number of aromatic nitrogens is 2. The van der Waals surface area contributed by atoms with Crippen molar-refractivity contribution in [2.75, 3.05) is 27.3 Å². The lowest BCUT2D eigenvalue weighted by molar-refractivity contribution is -0.129. The molecule has 338 valence electrons. The maximum atomic E-state index is 13.6. The fourth-order valence-corrected chi connectivity index (χ4v) is 7.73. The smallest absolute Gasteiger partial charge is 0.255 e. The number of rotatable bonds is 21. The lowest BCUT2D eigenvalue weighted by Crippen LogP contribution is -2.44. The molecular weight excluding hydrogens is 783 g/mol. The molecule has 0 fully saturated rings. The highest BCUT2D eigenvalue weighted by atomic mass is 16.7. The Morgan fingerprint density at radius 1 is 0.677 bits per heavy atom. The predicted molar refractivity (Wildman–Crippen MR) is 248 cm³/mol. The molecule has 0 aromatic carbocycles. The zero-order valence-electron chi connectivity index (χ0n) is 39.5. The van der Waals surface area contributed by atoms with E-state index >= 15 is 0 Å². The summed E-state index contributed by atoms with van der Waals surface area (Å²) in [6, 6.07) is 0. The van der Waals surface area contributed by atoms with Crippen LogP contribution < -0.4 is 21.3 Å². The number of nitrogens with zero attached hydrogens (tertiary/aromatic N) is 1. The highest BCUT2D eigenvalue weighted by Crippen LogP contribution is 2.32. The fraction of sp³-hybridized carbons (Fsp3) is 0.510. The number of hydrogen-bond donors (Lipinski definition) is 6. The number of hydroxylamine groups is 2. The molecule has 0 aliphatic carbocycles. The number of aromatic amines is 2. The Bertz CT molecular complexity index is 2200. The molecule has 0 saturated carbocycles. The average Bonchev–Trinajstić information content (AvgIpc) is 3.79. The molecule has 0 saturated heterocycles. The number of ether oxygens (including phenoxy) is 1. The van der Waals surface area contributed by atoms with Crippen LogP contribution in [0, 0.1) is 13.8 Å². The maximum Gasteiger partial charge on any atom is 0.255 e. The summed E-state index contributed by atoms with van der Waals surface area (Å²) in [6.45, 7) is 30.5. The summed E-state index contributed by atoms with van der Waals surface area (Å²) in [6.07, 6.45) is 10.1. The van der Waals surface area contributed by atoms with Crippen molar-refractivity contribution < 1.29 is 28.8 Å². The van der Waals surface area contributed by atoms with Crippen molar-refractivity contribution in [3.05, 3.63) is 104 Å². The van der Waals surface area contributed by atoms with Gasteiger partial charge in [-0.2, -0.15) is 5.06 Å². The van der Waals surface area contributed by atoms with Crippen LogP contribution >= 0.6 is 0 Å². The van der Waals surface area contributed by atoms with E-state index in [0.29, 0.717) is 67.9 Å². The first kappa shape index (κ1) is 49.4. The number of carbonyl (C=O) groups is 4. The molecule has 0 unspecified atom stereocenters. The third kappa shape index (κ3) is 13.1. The van der Waals surface area contributed by atoms with Gasteiger partial charge < -0.3 is 36.0 Å². The zero-order valence-corrected chi connectivity index (χ0v) is 39.5. The minimum Gasteiger partial charge on any atom is -0.376 e. The Hall–Kier alpha value is -5.24. The normalized spacial score (nSPS) is 16.2. The van der Waals surface area contributed by atoms with Crippen molar-refractivity contribution in [1.82, 2.24) is 36.3 Å². The summed E-state index contributed by atoms with van der Waals surface area (Å²) >= 11 is 0. The van der Waals surface area contributed by atoms with Crippen LogP contribution in [0.25, 0.3) is 12.2 Å². The summed E-state index contributed by atoms with van der Waals surface area (Å²) in [5.74, 6) is -0.546. The SMILES string of the molecule is C=CC1=C(C)/C(=C/c2[nH]c(Cc3[nH]c(/C=C4\NC(=O)C(C=C)=C4C)c(C)c3CCC(=O)NC(C)(C)CCOC(C)(C)C)c(CCC(=O)NC(C)(C)CCON(C)C)c2C)NC1=O. The third-order valence-corrected chi connectivity index (χ3v) is 11.5. The van der Waals surface area contributed by atoms with E-state index in [4.69, 9.17) is 9.57 Å². The maximum absolute atomic E-state index is 13.6. The van der Waals surface area contributed by atoms with Gasteiger partial charge >= 0.3 is 0 Å². The Balaban J connectivity index is 1.73. The van der Waals surface area contributed by atoms with Gasteiger partial charge in [0, 0.05) is 96.4 Å². The van der Waals surface area contributed by atoms with Gasteiger partial charge in [-0.1, -0.05) is 25.3 Å². The van der Waals surface area contributed by atoms with E-state index in [1.165, 1.54) is 0 Å². The molecule has 0 spiro atoms. The topological polar surface area (TPSA) is 170 Å². The first-order valence-corrected chi connectivity index (χ1v) is 21.6. The molecule has 0 bridgehead atoms. The quantitative estimate of drug-likeness (QED) is 0.0720. The van der Waals surface area contributed by atoms with Gasteiger partial charge in [0.1, 0.15) is 0 Å². The van der Waals surface area contributed by atoms with Gasteiger partial charge in [0.05, 0.1) is 12.2 Å². The number of H-pyrrole nitrogens is 2. The van der Waals surface area contributed by atoms with Crippen molar-refractivity contribution in [2.24, 2.45) is 0 Å². The number of allylic oxidation sites excluding steroid dienone is 2. The van der Waals surface area contributed by atoms with Crippen molar-refractivity contribution in [3.8, 4) is 0 Å². The van der Waals surface area contributed by atoms with E-state index in [2.05, 4.69) is 44.4 Å². The van der Waals surface area contributed by atoms with Gasteiger partial charge in [0.2, 0.25) is 11.8 Å². The molecule has 4 amide bonds. The second kappa shape index (κ2) is 20.3. The first-order chi connectivity index (χ1) is 28.8. The Morgan fingerprint density at radius 2 is 1.08 bits per heavy atom. The van der Waals surface area contributed by atoms with E-state index in [9.17, 15) is 19.2 Å². The fourth-order valence-electron chi connectivity index (χ4n) is 7.73. The summed E-state index contributed by atoms with van der Waals surface area (Å²) in [4.78, 5) is 65.4. The molecule has 13 heteroatoms. The number of nitrogens with one attached hydrogen (secondary N) is 6. The lowest BCUT2D eigenvalue weighted by atomic mass is 9.96. The summed E-state index contributed by atoms with van der Waals surface area (Å²) in [7, 11) is 3.66. The molecule has 2 aliphatic rings. The average molecular weight is 854 g/mol. The molecule has 62 heavy (non-hydrogen) atoms. The van der Waals surface area contributed by atoms with Crippen LogP contribution in [0.5, 0.6) is 0 Å². The van der Waals surface area contributed by atoms with Gasteiger partial charge in [-0.05, 0) is 147 Å². The van der Waals surface area contributed by atoms with Crippen LogP contribution in [0.15, 0.2) is 59.0 Å². The highest BCUT2D eigenvalue weighted by molar-refractivity contribution is 6.04. The van der Waals surface area contributed by atoms with Crippen molar-refractivity contribution in [1.29, 1.82) is 0 Å². The summed E-state index contributed by atoms with van der Waals surface area (Å²) in [5, 5.41) is 14.0. The van der Waals surface area contributed by atoms with Crippen LogP contribution in [0.1, 0.15) is 133 Å². The van der Waals surface area contributed by atoms with Gasteiger partial charge in [-0.25, -0.2) is 0 Å². The second-order valence-electron chi connectivity index (χ2n) is 18.9. The van der Waals surface area contributed by atoms with Gasteiger partial charge in [0.15, 0.2) is 0 Å². The van der Waals surface area contributed by atoms with Gasteiger partial charge in [-0.15, -0.1) is 0 Å².